The molecule has 0 spiro atoms. The molecule has 0 radical (unpaired) electrons. The first kappa shape index (κ1) is 18.1. The summed E-state index contributed by atoms with van der Waals surface area (Å²) in [5.41, 5.74) is 0.300. The van der Waals surface area contributed by atoms with Gasteiger partial charge in [-0.2, -0.15) is 0 Å². The van der Waals surface area contributed by atoms with Crippen LogP contribution in [0.25, 0.3) is 0 Å². The molecule has 1 aromatic carbocycles. The van der Waals surface area contributed by atoms with Crippen molar-refractivity contribution < 1.29 is 18.7 Å². The summed E-state index contributed by atoms with van der Waals surface area (Å²) in [5, 5.41) is 0. The third kappa shape index (κ3) is 5.47. The molecule has 0 saturated heterocycles. The molecule has 0 aliphatic rings. The normalized spacial score (nSPS) is 11.8. The number of methoxy groups -OCH3 is 1. The Morgan fingerprint density at radius 2 is 2.05 bits per heavy atom. The Bertz CT molecular complexity index is 504. The van der Waals surface area contributed by atoms with Crippen LogP contribution in [-0.2, 0) is 9.53 Å². The number of hydrogen-bond acceptors (Lipinski definition) is 3. The second-order valence-corrected chi connectivity index (χ2v) is 5.39. The van der Waals surface area contributed by atoms with E-state index in [1.165, 1.54) is 25.3 Å². The molecule has 1 amide bonds. The highest BCUT2D eigenvalue weighted by atomic mass is 19.1. The van der Waals surface area contributed by atoms with Crippen LogP contribution in [0, 0.1) is 11.7 Å². The number of halogens is 1. The first-order valence-corrected chi connectivity index (χ1v) is 7.62. The Morgan fingerprint density at radius 3 is 2.64 bits per heavy atom. The lowest BCUT2D eigenvalue weighted by Crippen LogP contribution is -2.38. The molecule has 0 heterocycles. The average Bonchev–Trinajstić information content (AvgIpc) is 2.52. The van der Waals surface area contributed by atoms with Crippen molar-refractivity contribution >= 4 is 11.9 Å². The van der Waals surface area contributed by atoms with Crippen LogP contribution >= 0.6 is 0 Å². The van der Waals surface area contributed by atoms with E-state index in [4.69, 9.17) is 4.74 Å². The molecule has 0 saturated carbocycles. The lowest BCUT2D eigenvalue weighted by Gasteiger charge is -2.25. The summed E-state index contributed by atoms with van der Waals surface area (Å²) in [6.45, 7) is 4.61. The van der Waals surface area contributed by atoms with Gasteiger partial charge in [-0.25, -0.2) is 4.39 Å². The molecule has 1 unspecified atom stereocenters. The van der Waals surface area contributed by atoms with Crippen molar-refractivity contribution in [2.45, 2.75) is 33.1 Å². The largest absolute Gasteiger partial charge is 0.469 e. The van der Waals surface area contributed by atoms with Gasteiger partial charge in [0.05, 0.1) is 13.0 Å². The molecular formula is C17H24FNO3. The van der Waals surface area contributed by atoms with Gasteiger partial charge in [0, 0.05) is 18.7 Å². The van der Waals surface area contributed by atoms with Crippen LogP contribution in [0.2, 0.25) is 0 Å². The van der Waals surface area contributed by atoms with Gasteiger partial charge in [-0.1, -0.05) is 32.8 Å². The summed E-state index contributed by atoms with van der Waals surface area (Å²) in [7, 11) is 1.33. The van der Waals surface area contributed by atoms with Crippen molar-refractivity contribution in [3.63, 3.8) is 0 Å². The molecule has 0 aliphatic heterocycles. The number of carbonyl (C=O) groups excluding carboxylic acids is 2. The maximum atomic E-state index is 13.3. The smallest absolute Gasteiger partial charge is 0.310 e. The molecule has 4 nitrogen and oxygen atoms in total. The number of esters is 1. The quantitative estimate of drug-likeness (QED) is 0.547. The summed E-state index contributed by atoms with van der Waals surface area (Å²) >= 11 is 0. The van der Waals surface area contributed by atoms with Gasteiger partial charge in [-0.15, -0.1) is 0 Å². The zero-order valence-electron chi connectivity index (χ0n) is 13.5. The zero-order valence-corrected chi connectivity index (χ0v) is 13.5. The Morgan fingerprint density at radius 1 is 1.32 bits per heavy atom. The zero-order chi connectivity index (χ0) is 16.5. The molecule has 0 aromatic heterocycles. The predicted molar refractivity (Wildman–Crippen MR) is 83.0 cm³/mol. The minimum Gasteiger partial charge on any atom is -0.469 e. The summed E-state index contributed by atoms with van der Waals surface area (Å²) in [4.78, 5) is 25.7. The van der Waals surface area contributed by atoms with E-state index in [9.17, 15) is 14.0 Å². The van der Waals surface area contributed by atoms with E-state index < -0.39 is 11.7 Å². The molecule has 0 fully saturated rings. The molecule has 5 heteroatoms. The van der Waals surface area contributed by atoms with Crippen molar-refractivity contribution in [3.05, 3.63) is 35.6 Å². The second-order valence-electron chi connectivity index (χ2n) is 5.39. The van der Waals surface area contributed by atoms with Crippen molar-refractivity contribution in [2.75, 3.05) is 20.2 Å². The van der Waals surface area contributed by atoms with Gasteiger partial charge < -0.3 is 9.64 Å². The number of rotatable bonds is 8. The maximum absolute atomic E-state index is 13.3. The van der Waals surface area contributed by atoms with E-state index in [1.807, 2.05) is 0 Å². The minimum absolute atomic E-state index is 0.258. The molecule has 1 rings (SSSR count). The van der Waals surface area contributed by atoms with E-state index >= 15 is 0 Å². The molecule has 0 N–H and O–H groups in total. The first-order chi connectivity index (χ1) is 10.5. The number of unbranched alkanes of at least 4 members (excludes halogenated alkanes) is 2. The monoisotopic (exact) mass is 309 g/mol. The fourth-order valence-corrected chi connectivity index (χ4v) is 2.24. The van der Waals surface area contributed by atoms with Gasteiger partial charge in [0.2, 0.25) is 0 Å². The van der Waals surface area contributed by atoms with Gasteiger partial charge in [0.1, 0.15) is 5.82 Å². The topological polar surface area (TPSA) is 46.6 Å². The highest BCUT2D eigenvalue weighted by Crippen LogP contribution is 2.12. The Labute approximate surface area is 131 Å². The Hall–Kier alpha value is -1.91. The molecular weight excluding hydrogens is 285 g/mol. The van der Waals surface area contributed by atoms with Crippen molar-refractivity contribution in [1.82, 2.24) is 4.90 Å². The predicted octanol–water partition coefficient (Wildman–Crippen LogP) is 3.27. The first-order valence-electron chi connectivity index (χ1n) is 7.62. The van der Waals surface area contributed by atoms with Crippen LogP contribution in [0.5, 0.6) is 0 Å². The third-order valence-corrected chi connectivity index (χ3v) is 3.49. The van der Waals surface area contributed by atoms with Crippen LogP contribution in [-0.4, -0.2) is 37.0 Å². The van der Waals surface area contributed by atoms with E-state index in [0.29, 0.717) is 12.1 Å². The Balaban J connectivity index is 2.83. The van der Waals surface area contributed by atoms with Gasteiger partial charge in [-0.05, 0) is 24.6 Å². The molecule has 1 aromatic rings. The number of benzene rings is 1. The average molecular weight is 309 g/mol. The Kier molecular flexibility index (Phi) is 7.57. The van der Waals surface area contributed by atoms with Crippen molar-refractivity contribution in [3.8, 4) is 0 Å². The molecule has 122 valence electrons. The van der Waals surface area contributed by atoms with Gasteiger partial charge in [0.25, 0.3) is 5.91 Å². The SMILES string of the molecule is CCCCCN(CC(C)C(=O)OC)C(=O)c1cccc(F)c1. The number of carbonyl (C=O) groups is 2. The highest BCUT2D eigenvalue weighted by Gasteiger charge is 2.22. The van der Waals surface area contributed by atoms with Crippen LogP contribution in [0.1, 0.15) is 43.5 Å². The van der Waals surface area contributed by atoms with Crippen LogP contribution < -0.4 is 0 Å². The van der Waals surface area contributed by atoms with E-state index in [1.54, 1.807) is 17.9 Å². The van der Waals surface area contributed by atoms with Gasteiger partial charge in [-0.3, -0.25) is 9.59 Å². The molecule has 22 heavy (non-hydrogen) atoms. The van der Waals surface area contributed by atoms with E-state index in [0.717, 1.165) is 19.3 Å². The lowest BCUT2D eigenvalue weighted by molar-refractivity contribution is -0.145. The summed E-state index contributed by atoms with van der Waals surface area (Å²) < 4.78 is 18.0. The lowest BCUT2D eigenvalue weighted by atomic mass is 10.1. The number of ether oxygens (including phenoxy) is 1. The third-order valence-electron chi connectivity index (χ3n) is 3.49. The van der Waals surface area contributed by atoms with Gasteiger partial charge >= 0.3 is 5.97 Å². The van der Waals surface area contributed by atoms with E-state index in [2.05, 4.69) is 6.92 Å². The van der Waals surface area contributed by atoms with Crippen molar-refractivity contribution in [1.29, 1.82) is 0 Å². The van der Waals surface area contributed by atoms with Crippen LogP contribution in [0.3, 0.4) is 0 Å². The number of amides is 1. The molecule has 0 aliphatic carbocycles. The summed E-state index contributed by atoms with van der Waals surface area (Å²) in [6, 6.07) is 5.62. The molecule has 0 bridgehead atoms. The fourth-order valence-electron chi connectivity index (χ4n) is 2.24. The summed E-state index contributed by atoms with van der Waals surface area (Å²) in [6.07, 6.45) is 2.89. The van der Waals surface area contributed by atoms with Gasteiger partial charge in [0.15, 0.2) is 0 Å². The van der Waals surface area contributed by atoms with Crippen LogP contribution in [0.15, 0.2) is 24.3 Å². The summed E-state index contributed by atoms with van der Waals surface area (Å²) in [5.74, 6) is -1.47. The minimum atomic E-state index is -0.444. The fraction of sp³-hybridized carbons (Fsp3) is 0.529. The van der Waals surface area contributed by atoms with E-state index in [-0.39, 0.29) is 18.4 Å². The standard InChI is InChI=1S/C17H24FNO3/c1-4-5-6-10-19(12-13(2)17(21)22-3)16(20)14-8-7-9-15(18)11-14/h7-9,11,13H,4-6,10,12H2,1-3H3. The number of nitrogens with zero attached hydrogens (tertiary/aromatic N) is 1. The van der Waals surface area contributed by atoms with Crippen molar-refractivity contribution in [2.24, 2.45) is 5.92 Å². The molecule has 1 atom stereocenters. The number of hydrogen-bond donors (Lipinski definition) is 0. The van der Waals surface area contributed by atoms with Crippen LogP contribution in [0.4, 0.5) is 4.39 Å². The highest BCUT2D eigenvalue weighted by molar-refractivity contribution is 5.94. The maximum Gasteiger partial charge on any atom is 0.310 e. The second kappa shape index (κ2) is 9.18.